The highest BCUT2D eigenvalue weighted by Crippen LogP contribution is 2.37. The van der Waals surface area contributed by atoms with E-state index >= 15 is 0 Å². The first kappa shape index (κ1) is 15.4. The lowest BCUT2D eigenvalue weighted by Crippen LogP contribution is -2.42. The van der Waals surface area contributed by atoms with Crippen molar-refractivity contribution in [2.75, 3.05) is 19.9 Å². The zero-order valence-electron chi connectivity index (χ0n) is 14.3. The van der Waals surface area contributed by atoms with Crippen LogP contribution in [-0.2, 0) is 13.0 Å². The minimum absolute atomic E-state index is 0.261. The number of piperidine rings is 1. The van der Waals surface area contributed by atoms with Crippen LogP contribution in [0.15, 0.2) is 18.2 Å². The van der Waals surface area contributed by atoms with E-state index in [2.05, 4.69) is 39.1 Å². The number of likely N-dealkylation sites (tertiary alicyclic amines) is 1. The van der Waals surface area contributed by atoms with Gasteiger partial charge < -0.3 is 9.47 Å². The van der Waals surface area contributed by atoms with E-state index in [-0.39, 0.29) is 5.41 Å². The third kappa shape index (κ3) is 3.24. The molecule has 0 saturated carbocycles. The van der Waals surface area contributed by atoms with Crippen LogP contribution in [0.25, 0.3) is 0 Å². The third-order valence-electron chi connectivity index (χ3n) is 4.94. The lowest BCUT2D eigenvalue weighted by atomic mass is 9.77. The molecule has 0 bridgehead atoms. The second-order valence-electron chi connectivity index (χ2n) is 7.33. The topological polar surface area (TPSA) is 63.3 Å². The number of rotatable bonds is 4. The summed E-state index contributed by atoms with van der Waals surface area (Å²) in [6, 6.07) is 6.32. The van der Waals surface area contributed by atoms with E-state index < -0.39 is 0 Å². The van der Waals surface area contributed by atoms with E-state index in [9.17, 15) is 0 Å². The van der Waals surface area contributed by atoms with E-state index in [0.29, 0.717) is 6.79 Å². The van der Waals surface area contributed by atoms with E-state index in [1.54, 1.807) is 0 Å². The van der Waals surface area contributed by atoms with Crippen molar-refractivity contribution in [1.29, 1.82) is 0 Å². The van der Waals surface area contributed by atoms with Gasteiger partial charge in [0.05, 0.1) is 6.54 Å². The molecule has 0 radical (unpaired) electrons. The number of hydrogen-bond donors (Lipinski definition) is 1. The van der Waals surface area contributed by atoms with E-state index in [4.69, 9.17) is 9.47 Å². The Kier molecular flexibility index (Phi) is 3.92. The van der Waals surface area contributed by atoms with Crippen molar-refractivity contribution < 1.29 is 9.47 Å². The molecule has 1 atom stereocenters. The Morgan fingerprint density at radius 2 is 2.17 bits per heavy atom. The van der Waals surface area contributed by atoms with Crippen LogP contribution >= 0.6 is 0 Å². The van der Waals surface area contributed by atoms with E-state index in [0.717, 1.165) is 49.2 Å². The molecule has 2 aliphatic heterocycles. The first-order chi connectivity index (χ1) is 11.6. The number of aryl methyl sites for hydroxylation is 1. The van der Waals surface area contributed by atoms with Crippen molar-refractivity contribution in [2.24, 2.45) is 5.41 Å². The second kappa shape index (κ2) is 6.09. The Labute approximate surface area is 142 Å². The van der Waals surface area contributed by atoms with Crippen molar-refractivity contribution in [3.05, 3.63) is 35.4 Å². The zero-order valence-corrected chi connectivity index (χ0v) is 14.3. The van der Waals surface area contributed by atoms with Crippen molar-refractivity contribution >= 4 is 0 Å². The fourth-order valence-corrected chi connectivity index (χ4v) is 3.91. The molecule has 1 fully saturated rings. The molecule has 6 heteroatoms. The Hall–Kier alpha value is -2.08. The summed E-state index contributed by atoms with van der Waals surface area (Å²) in [6.45, 7) is 7.66. The molecule has 0 unspecified atom stereocenters. The fraction of sp³-hybridized carbons (Fsp3) is 0.556. The Morgan fingerprint density at radius 3 is 3.00 bits per heavy atom. The van der Waals surface area contributed by atoms with E-state index in [1.807, 2.05) is 13.0 Å². The van der Waals surface area contributed by atoms with Crippen molar-refractivity contribution in [3.63, 3.8) is 0 Å². The summed E-state index contributed by atoms with van der Waals surface area (Å²) >= 11 is 0. The molecule has 3 heterocycles. The smallest absolute Gasteiger partial charge is 0.231 e. The molecule has 6 nitrogen and oxygen atoms in total. The minimum Gasteiger partial charge on any atom is -0.454 e. The molecular weight excluding hydrogens is 304 g/mol. The molecule has 4 rings (SSSR count). The van der Waals surface area contributed by atoms with Gasteiger partial charge in [-0.1, -0.05) is 13.0 Å². The van der Waals surface area contributed by atoms with Crippen LogP contribution in [0.3, 0.4) is 0 Å². The summed E-state index contributed by atoms with van der Waals surface area (Å²) in [5.74, 6) is 3.50. The molecule has 0 spiro atoms. The van der Waals surface area contributed by atoms with Crippen LogP contribution in [0.2, 0.25) is 0 Å². The van der Waals surface area contributed by atoms with Crippen LogP contribution in [0.4, 0.5) is 0 Å². The first-order valence-corrected chi connectivity index (χ1v) is 8.58. The maximum Gasteiger partial charge on any atom is 0.231 e. The SMILES string of the molecule is Cc1nc(CN2CCC[C@@](C)(Cc3ccc4c(c3)OCO4)C2)n[nH]1. The van der Waals surface area contributed by atoms with Crippen LogP contribution in [0, 0.1) is 12.3 Å². The summed E-state index contributed by atoms with van der Waals surface area (Å²) in [5, 5.41) is 7.20. The monoisotopic (exact) mass is 328 g/mol. The average Bonchev–Trinajstić information content (AvgIpc) is 3.15. The summed E-state index contributed by atoms with van der Waals surface area (Å²) in [5.41, 5.74) is 1.58. The van der Waals surface area contributed by atoms with Crippen LogP contribution in [0.5, 0.6) is 11.5 Å². The van der Waals surface area contributed by atoms with Gasteiger partial charge in [-0.15, -0.1) is 0 Å². The molecule has 24 heavy (non-hydrogen) atoms. The lowest BCUT2D eigenvalue weighted by molar-refractivity contribution is 0.0949. The number of nitrogens with zero attached hydrogens (tertiary/aromatic N) is 3. The largest absolute Gasteiger partial charge is 0.454 e. The maximum absolute atomic E-state index is 5.51. The van der Waals surface area contributed by atoms with Gasteiger partial charge in [0.1, 0.15) is 5.82 Å². The van der Waals surface area contributed by atoms with Gasteiger partial charge in [0.15, 0.2) is 17.3 Å². The molecule has 2 aliphatic rings. The molecular formula is C18H24N4O2. The van der Waals surface area contributed by atoms with Crippen LogP contribution < -0.4 is 9.47 Å². The first-order valence-electron chi connectivity index (χ1n) is 8.58. The summed E-state index contributed by atoms with van der Waals surface area (Å²) in [6.07, 6.45) is 3.50. The molecule has 0 amide bonds. The third-order valence-corrected chi connectivity index (χ3v) is 4.94. The number of hydrogen-bond acceptors (Lipinski definition) is 5. The van der Waals surface area contributed by atoms with Gasteiger partial charge in [-0.05, 0) is 55.8 Å². The van der Waals surface area contributed by atoms with Crippen LogP contribution in [0.1, 0.15) is 37.0 Å². The molecule has 2 aromatic rings. The maximum atomic E-state index is 5.51. The van der Waals surface area contributed by atoms with Crippen LogP contribution in [-0.4, -0.2) is 40.0 Å². The molecule has 1 aromatic heterocycles. The molecule has 1 saturated heterocycles. The molecule has 0 aliphatic carbocycles. The van der Waals surface area contributed by atoms with Crippen molar-refractivity contribution in [2.45, 2.75) is 39.7 Å². The van der Waals surface area contributed by atoms with E-state index in [1.165, 1.54) is 18.4 Å². The average molecular weight is 328 g/mol. The quantitative estimate of drug-likeness (QED) is 0.935. The summed E-state index contributed by atoms with van der Waals surface area (Å²) in [4.78, 5) is 6.91. The standard InChI is InChI=1S/C18H24N4O2/c1-13-19-17(21-20-13)10-22-7-3-6-18(2,11-22)9-14-4-5-15-16(8-14)24-12-23-15/h4-5,8H,3,6-7,9-12H2,1-2H3,(H,19,20,21)/t18-/m0/s1. The highest BCUT2D eigenvalue weighted by atomic mass is 16.7. The van der Waals surface area contributed by atoms with Gasteiger partial charge in [-0.2, -0.15) is 5.10 Å². The Morgan fingerprint density at radius 1 is 1.29 bits per heavy atom. The number of fused-ring (bicyclic) bond motifs is 1. The predicted octanol–water partition coefficient (Wildman–Crippen LogP) is 2.69. The van der Waals surface area contributed by atoms with Gasteiger partial charge in [-0.3, -0.25) is 10.00 Å². The highest BCUT2D eigenvalue weighted by molar-refractivity contribution is 5.44. The minimum atomic E-state index is 0.261. The number of H-pyrrole nitrogens is 1. The van der Waals surface area contributed by atoms with Gasteiger partial charge >= 0.3 is 0 Å². The normalized spacial score (nSPS) is 23.6. The number of aromatic nitrogens is 3. The summed E-state index contributed by atoms with van der Waals surface area (Å²) < 4.78 is 10.9. The van der Waals surface area contributed by atoms with Crippen molar-refractivity contribution in [1.82, 2.24) is 20.1 Å². The predicted molar refractivity (Wildman–Crippen MR) is 90.0 cm³/mol. The number of nitrogens with one attached hydrogen (secondary N) is 1. The molecule has 128 valence electrons. The van der Waals surface area contributed by atoms with Gasteiger partial charge in [-0.25, -0.2) is 4.98 Å². The fourth-order valence-electron chi connectivity index (χ4n) is 3.91. The number of benzene rings is 1. The summed E-state index contributed by atoms with van der Waals surface area (Å²) in [7, 11) is 0. The lowest BCUT2D eigenvalue weighted by Gasteiger charge is -2.40. The number of aromatic amines is 1. The Bertz CT molecular complexity index is 730. The molecule has 1 aromatic carbocycles. The van der Waals surface area contributed by atoms with Gasteiger partial charge in [0.2, 0.25) is 6.79 Å². The number of ether oxygens (including phenoxy) is 2. The zero-order chi connectivity index (χ0) is 16.6. The van der Waals surface area contributed by atoms with Crippen molar-refractivity contribution in [3.8, 4) is 11.5 Å². The second-order valence-corrected chi connectivity index (χ2v) is 7.33. The highest BCUT2D eigenvalue weighted by Gasteiger charge is 2.32. The molecule has 1 N–H and O–H groups in total. The van der Waals surface area contributed by atoms with Gasteiger partial charge in [0, 0.05) is 6.54 Å². The Balaban J connectivity index is 1.43. The van der Waals surface area contributed by atoms with Gasteiger partial charge in [0.25, 0.3) is 0 Å².